The average molecular weight is 1220 g/mol. The number of ether oxygens (including phenoxy) is 6. The van der Waals surface area contributed by atoms with Crippen molar-refractivity contribution in [1.29, 1.82) is 0 Å². The Morgan fingerprint density at radius 3 is 2.20 bits per heavy atom. The van der Waals surface area contributed by atoms with Gasteiger partial charge in [-0.25, -0.2) is 28.4 Å². The van der Waals surface area contributed by atoms with Crippen LogP contribution in [0.5, 0.6) is 5.75 Å². The summed E-state index contributed by atoms with van der Waals surface area (Å²) in [6, 6.07) is 16.7. The summed E-state index contributed by atoms with van der Waals surface area (Å²) in [7, 11) is 1.73. The Bertz CT molecular complexity index is 3130. The van der Waals surface area contributed by atoms with E-state index in [2.05, 4.69) is 36.3 Å². The van der Waals surface area contributed by atoms with Gasteiger partial charge in [0.05, 0.1) is 89.1 Å². The highest BCUT2D eigenvalue weighted by Gasteiger charge is 2.40. The minimum atomic E-state index is -2.93. The Labute approximate surface area is 510 Å². The van der Waals surface area contributed by atoms with Gasteiger partial charge in [0, 0.05) is 42.4 Å². The fourth-order valence-corrected chi connectivity index (χ4v) is 11.3. The van der Waals surface area contributed by atoms with Crippen molar-refractivity contribution in [2.75, 3.05) is 103 Å². The standard InChI is InChI=1S/C63H80F2N10O11S/c1-42(66-2)59(77)72-55(45-11-4-3-5-12-45)63(79)74-24-9-15-53(74)62-71-52(41-87-62)57(76)46-13-8-14-49(36-46)85-35-34-84-33-32-83-31-30-82-29-28-81-27-26-80-25-7-6-10-43-18-20-48(21-19-43)75-39-50(56(73-75)58(64)65)69-60(78)51-40-86-61(70-51)47-22-23-67-54(37-47)68-38-44-16-17-44/h8,13-14,18-23,36-37,39-42,44-45,53,55,58,66H,3-7,9-12,15-17,24-35,38H2,1-2H3,(H,67,68)(H,69,78)(H,72,77)/t42-,53-,55-/m0/s1. The number of benzene rings is 2. The van der Waals surface area contributed by atoms with Gasteiger partial charge in [0.25, 0.3) is 12.3 Å². The number of oxazole rings is 1. The number of anilines is 2. The first-order valence-electron chi connectivity index (χ1n) is 30.3. The van der Waals surface area contributed by atoms with Crippen molar-refractivity contribution in [3.8, 4) is 22.9 Å². The molecule has 24 heteroatoms. The van der Waals surface area contributed by atoms with Gasteiger partial charge < -0.3 is 59.0 Å². The number of alkyl halides is 2. The molecule has 2 aromatic carbocycles. The Morgan fingerprint density at radius 1 is 0.782 bits per heavy atom. The van der Waals surface area contributed by atoms with Gasteiger partial charge in [0.15, 0.2) is 11.4 Å². The lowest BCUT2D eigenvalue weighted by Gasteiger charge is -2.35. The minimum Gasteiger partial charge on any atom is -0.491 e. The molecule has 6 aromatic rings. The zero-order chi connectivity index (χ0) is 60.7. The molecule has 3 fully saturated rings. The number of halogens is 2. The topological polar surface area (TPSA) is 245 Å². The number of nitrogens with one attached hydrogen (secondary N) is 4. The molecule has 4 N–H and O–H groups in total. The molecule has 0 unspecified atom stereocenters. The first-order valence-corrected chi connectivity index (χ1v) is 31.2. The summed E-state index contributed by atoms with van der Waals surface area (Å²) in [5.74, 6) is 0.978. The zero-order valence-corrected chi connectivity index (χ0v) is 50.4. The largest absolute Gasteiger partial charge is 0.491 e. The maximum absolute atomic E-state index is 14.2. The Hall–Kier alpha value is -7.06. The molecule has 2 saturated carbocycles. The molecule has 0 spiro atoms. The van der Waals surface area contributed by atoms with Crippen LogP contribution < -0.4 is 26.0 Å². The van der Waals surface area contributed by atoms with Gasteiger partial charge in [-0.2, -0.15) is 5.10 Å². The number of carbonyl (C=O) groups is 4. The van der Waals surface area contributed by atoms with E-state index >= 15 is 0 Å². The van der Waals surface area contributed by atoms with Crippen molar-refractivity contribution in [1.82, 2.24) is 40.3 Å². The second-order valence-corrected chi connectivity index (χ2v) is 22.9. The van der Waals surface area contributed by atoms with Crippen LogP contribution in [0.1, 0.15) is 133 Å². The maximum Gasteiger partial charge on any atom is 0.284 e. The lowest BCUT2D eigenvalue weighted by atomic mass is 9.83. The van der Waals surface area contributed by atoms with E-state index in [1.54, 1.807) is 74.1 Å². The summed E-state index contributed by atoms with van der Waals surface area (Å²) in [5, 5.41) is 18.4. The Morgan fingerprint density at radius 2 is 1.49 bits per heavy atom. The number of unbranched alkanes of at least 4 members (excludes halogenated alkanes) is 1. The molecule has 5 heterocycles. The van der Waals surface area contributed by atoms with Gasteiger partial charge in [0.2, 0.25) is 23.5 Å². The summed E-state index contributed by atoms with van der Waals surface area (Å²) < 4.78 is 69.2. The Balaban J connectivity index is 0.571. The van der Waals surface area contributed by atoms with Crippen molar-refractivity contribution in [2.45, 2.75) is 109 Å². The fourth-order valence-electron chi connectivity index (χ4n) is 10.4. The lowest BCUT2D eigenvalue weighted by Crippen LogP contribution is -2.55. The SMILES string of the molecule is CN[C@@H](C)C(=O)N[C@H](C(=O)N1CCC[C@H]1c1nc(C(=O)c2cccc(OCCOCCOCCOCCOCCOCCCCc3ccc(-n4cc(NC(=O)c5coc(-c6ccnc(NCC7CC7)c6)n5)c(C(F)F)n4)cc3)c2)cs1)C1CCCCC1. The molecule has 9 rings (SSSR count). The van der Waals surface area contributed by atoms with Crippen LogP contribution >= 0.6 is 11.3 Å². The third-order valence-corrected chi connectivity index (χ3v) is 16.5. The first-order chi connectivity index (χ1) is 42.5. The highest BCUT2D eigenvalue weighted by molar-refractivity contribution is 7.10. The summed E-state index contributed by atoms with van der Waals surface area (Å²) in [4.78, 5) is 69.2. The van der Waals surface area contributed by atoms with E-state index in [0.717, 1.165) is 81.3 Å². The Kier molecular flexibility index (Phi) is 24.7. The molecule has 3 amide bonds. The number of aromatic nitrogens is 5. The first kappa shape index (κ1) is 64.4. The number of amides is 3. The number of hydrogen-bond acceptors (Lipinski definition) is 18. The van der Waals surface area contributed by atoms with Crippen LogP contribution in [0.4, 0.5) is 20.3 Å². The van der Waals surface area contributed by atoms with Crippen LogP contribution in [-0.4, -0.2) is 158 Å². The van der Waals surface area contributed by atoms with E-state index in [9.17, 15) is 28.0 Å². The van der Waals surface area contributed by atoms with E-state index in [4.69, 9.17) is 37.8 Å². The van der Waals surface area contributed by atoms with Crippen molar-refractivity contribution < 1.29 is 60.8 Å². The summed E-state index contributed by atoms with van der Waals surface area (Å²) in [6.07, 6.45) is 12.8. The second-order valence-electron chi connectivity index (χ2n) is 22.0. The molecule has 0 bridgehead atoms. The van der Waals surface area contributed by atoms with Crippen LogP contribution in [-0.2, 0) is 39.7 Å². The highest BCUT2D eigenvalue weighted by atomic mass is 32.1. The van der Waals surface area contributed by atoms with Crippen LogP contribution in [0.2, 0.25) is 0 Å². The molecule has 468 valence electrons. The van der Waals surface area contributed by atoms with E-state index in [1.165, 1.54) is 41.3 Å². The number of carbonyl (C=O) groups excluding carboxylic acids is 4. The molecular weight excluding hydrogens is 1140 g/mol. The molecule has 21 nitrogen and oxygen atoms in total. The maximum atomic E-state index is 14.2. The summed E-state index contributed by atoms with van der Waals surface area (Å²) in [5.41, 5.74) is 2.27. The lowest BCUT2D eigenvalue weighted by molar-refractivity contribution is -0.139. The van der Waals surface area contributed by atoms with Gasteiger partial charge in [-0.15, -0.1) is 11.3 Å². The third kappa shape index (κ3) is 19.2. The molecule has 2 aliphatic carbocycles. The molecule has 87 heavy (non-hydrogen) atoms. The highest BCUT2D eigenvalue weighted by Crippen LogP contribution is 2.37. The molecular formula is C63H80F2N10O11S. The van der Waals surface area contributed by atoms with E-state index in [0.29, 0.717) is 113 Å². The van der Waals surface area contributed by atoms with Gasteiger partial charge in [-0.3, -0.25) is 19.2 Å². The minimum absolute atomic E-state index is 0.0662. The predicted octanol–water partition coefficient (Wildman–Crippen LogP) is 9.44. The average Bonchev–Trinajstić information content (AvgIpc) is 2.20. The van der Waals surface area contributed by atoms with Gasteiger partial charge in [0.1, 0.15) is 41.2 Å². The number of pyridine rings is 1. The number of thiazole rings is 1. The molecule has 4 aromatic heterocycles. The fraction of sp³-hybridized carbons (Fsp3) is 0.524. The van der Waals surface area contributed by atoms with Crippen molar-refractivity contribution in [3.63, 3.8) is 0 Å². The zero-order valence-electron chi connectivity index (χ0n) is 49.6. The number of likely N-dealkylation sites (N-methyl/N-ethyl adjacent to an activating group) is 1. The number of ketones is 1. The third-order valence-electron chi connectivity index (χ3n) is 15.6. The van der Waals surface area contributed by atoms with Crippen LogP contribution in [0, 0.1) is 11.8 Å². The second kappa shape index (κ2) is 33.3. The summed E-state index contributed by atoms with van der Waals surface area (Å²) in [6.45, 7) is 7.81. The monoisotopic (exact) mass is 1220 g/mol. The van der Waals surface area contributed by atoms with Crippen LogP contribution in [0.25, 0.3) is 17.1 Å². The van der Waals surface area contributed by atoms with Crippen LogP contribution in [0.3, 0.4) is 0 Å². The molecule has 1 saturated heterocycles. The number of likely N-dealkylation sites (tertiary alicyclic amines) is 1. The molecule has 0 radical (unpaired) electrons. The number of aryl methyl sites for hydroxylation is 1. The van der Waals surface area contributed by atoms with Crippen molar-refractivity contribution >= 4 is 46.3 Å². The normalized spacial score (nSPS) is 16.1. The quantitative estimate of drug-likeness (QED) is 0.0210. The molecule has 3 atom stereocenters. The molecule has 1 aliphatic heterocycles. The van der Waals surface area contributed by atoms with Crippen molar-refractivity contribution in [3.05, 3.63) is 118 Å². The van der Waals surface area contributed by atoms with E-state index in [1.807, 2.05) is 17.0 Å². The van der Waals surface area contributed by atoms with Crippen LogP contribution in [0.15, 0.2) is 89.1 Å². The smallest absolute Gasteiger partial charge is 0.284 e. The van der Waals surface area contributed by atoms with E-state index in [-0.39, 0.29) is 53.4 Å². The summed E-state index contributed by atoms with van der Waals surface area (Å²) >= 11 is 1.39. The van der Waals surface area contributed by atoms with Gasteiger partial charge in [-0.1, -0.05) is 43.5 Å². The molecule has 3 aliphatic rings. The van der Waals surface area contributed by atoms with Gasteiger partial charge in [-0.05, 0) is 126 Å². The number of hydrogen-bond donors (Lipinski definition) is 4. The number of rotatable bonds is 37. The predicted molar refractivity (Wildman–Crippen MR) is 323 cm³/mol. The van der Waals surface area contributed by atoms with Gasteiger partial charge >= 0.3 is 0 Å². The van der Waals surface area contributed by atoms with E-state index < -0.39 is 30.1 Å². The number of nitrogens with zero attached hydrogens (tertiary/aromatic N) is 6. The van der Waals surface area contributed by atoms with Crippen molar-refractivity contribution in [2.24, 2.45) is 11.8 Å².